The highest BCUT2D eigenvalue weighted by atomic mass is 35.5. The van der Waals surface area contributed by atoms with Gasteiger partial charge in [-0.15, -0.1) is 0 Å². The summed E-state index contributed by atoms with van der Waals surface area (Å²) in [5.41, 5.74) is 11.5. The minimum absolute atomic E-state index is 0.191. The largest absolute Gasteiger partial charge is 0.396 e. The van der Waals surface area contributed by atoms with Crippen LogP contribution in [0.5, 0.6) is 0 Å². The van der Waals surface area contributed by atoms with E-state index in [9.17, 15) is 0 Å². The number of hydrogen-bond acceptors (Lipinski definition) is 3. The molecule has 0 bridgehead atoms. The van der Waals surface area contributed by atoms with Crippen LogP contribution in [0.25, 0.3) is 0 Å². The van der Waals surface area contributed by atoms with E-state index in [4.69, 9.17) is 39.8 Å². The molecule has 1 aromatic rings. The van der Waals surface area contributed by atoms with Crippen molar-refractivity contribution in [3.8, 4) is 0 Å². The zero-order valence-corrected chi connectivity index (χ0v) is 9.23. The Morgan fingerprint density at radius 3 is 2.14 bits per heavy atom. The molecule has 0 amide bonds. The molecule has 0 fully saturated rings. The van der Waals surface area contributed by atoms with Crippen molar-refractivity contribution in [1.29, 1.82) is 0 Å². The Morgan fingerprint density at radius 2 is 1.79 bits per heavy atom. The number of nitrogens with two attached hydrogens (primary N) is 2. The fourth-order valence-corrected chi connectivity index (χ4v) is 1.49. The van der Waals surface area contributed by atoms with Crippen molar-refractivity contribution in [2.45, 2.75) is 12.5 Å². The van der Waals surface area contributed by atoms with E-state index in [1.54, 1.807) is 19.1 Å². The SMILES string of the molecule is C[C@](N)(CO)c1cc(Cl)c(N)c(Cl)c1. The average Bonchev–Trinajstić information content (AvgIpc) is 2.13. The summed E-state index contributed by atoms with van der Waals surface area (Å²) in [6.45, 7) is 1.49. The number of aliphatic hydroxyl groups is 1. The summed E-state index contributed by atoms with van der Waals surface area (Å²) in [4.78, 5) is 0. The van der Waals surface area contributed by atoms with Crippen LogP contribution < -0.4 is 11.5 Å². The van der Waals surface area contributed by atoms with Gasteiger partial charge in [-0.2, -0.15) is 0 Å². The first kappa shape index (κ1) is 11.6. The zero-order valence-electron chi connectivity index (χ0n) is 7.72. The van der Waals surface area contributed by atoms with Crippen LogP contribution in [0.2, 0.25) is 10.0 Å². The quantitative estimate of drug-likeness (QED) is 0.683. The Balaban J connectivity index is 3.26. The maximum atomic E-state index is 9.06. The van der Waals surface area contributed by atoms with Crippen LogP contribution >= 0.6 is 23.2 Å². The minimum atomic E-state index is -0.860. The Labute approximate surface area is 92.6 Å². The van der Waals surface area contributed by atoms with E-state index in [-0.39, 0.29) is 6.61 Å². The van der Waals surface area contributed by atoms with Crippen LogP contribution in [0.3, 0.4) is 0 Å². The highest BCUT2D eigenvalue weighted by Crippen LogP contribution is 2.32. The molecule has 1 aromatic carbocycles. The Hall–Kier alpha value is -0.480. The number of hydrogen-bond donors (Lipinski definition) is 3. The topological polar surface area (TPSA) is 72.3 Å². The number of halogens is 2. The van der Waals surface area contributed by atoms with E-state index in [0.29, 0.717) is 21.3 Å². The Bertz CT molecular complexity index is 330. The molecule has 1 atom stereocenters. The van der Waals surface area contributed by atoms with Crippen molar-refractivity contribution in [1.82, 2.24) is 0 Å². The summed E-state index contributed by atoms with van der Waals surface area (Å²) in [6, 6.07) is 3.22. The van der Waals surface area contributed by atoms with Gasteiger partial charge in [-0.3, -0.25) is 0 Å². The van der Waals surface area contributed by atoms with E-state index in [2.05, 4.69) is 0 Å². The third-order valence-corrected chi connectivity index (χ3v) is 2.69. The average molecular weight is 235 g/mol. The standard InChI is InChI=1S/C9H12Cl2N2O/c1-9(13,4-14)5-2-6(10)8(12)7(11)3-5/h2-3,14H,4,12-13H2,1H3/t9-/m0/s1. The molecule has 0 saturated carbocycles. The van der Waals surface area contributed by atoms with Gasteiger partial charge in [0.2, 0.25) is 0 Å². The maximum Gasteiger partial charge on any atom is 0.0693 e. The predicted octanol–water partition coefficient (Wildman–Crippen LogP) is 1.74. The van der Waals surface area contributed by atoms with Gasteiger partial charge in [-0.05, 0) is 24.6 Å². The zero-order chi connectivity index (χ0) is 10.9. The number of benzene rings is 1. The van der Waals surface area contributed by atoms with Gasteiger partial charge in [-0.25, -0.2) is 0 Å². The number of rotatable bonds is 2. The van der Waals surface area contributed by atoms with E-state index in [0.717, 1.165) is 0 Å². The second kappa shape index (κ2) is 3.95. The summed E-state index contributed by atoms with van der Waals surface area (Å²) in [5, 5.41) is 9.75. The van der Waals surface area contributed by atoms with Crippen molar-refractivity contribution >= 4 is 28.9 Å². The van der Waals surface area contributed by atoms with Crippen molar-refractivity contribution in [3.05, 3.63) is 27.7 Å². The fraction of sp³-hybridized carbons (Fsp3) is 0.333. The van der Waals surface area contributed by atoms with Gasteiger partial charge in [0.15, 0.2) is 0 Å². The van der Waals surface area contributed by atoms with Crippen LogP contribution in [0, 0.1) is 0 Å². The van der Waals surface area contributed by atoms with E-state index < -0.39 is 5.54 Å². The highest BCUT2D eigenvalue weighted by Gasteiger charge is 2.21. The molecule has 5 N–H and O–H groups in total. The molecule has 0 aromatic heterocycles. The number of nitrogen functional groups attached to an aromatic ring is 1. The van der Waals surface area contributed by atoms with Gasteiger partial charge in [0.1, 0.15) is 0 Å². The maximum absolute atomic E-state index is 9.06. The van der Waals surface area contributed by atoms with Crippen molar-refractivity contribution in [2.24, 2.45) is 5.73 Å². The first-order valence-corrected chi connectivity index (χ1v) is 4.79. The molecule has 3 nitrogen and oxygen atoms in total. The van der Waals surface area contributed by atoms with Crippen molar-refractivity contribution in [3.63, 3.8) is 0 Å². The molecular formula is C9H12Cl2N2O. The van der Waals surface area contributed by atoms with Gasteiger partial charge in [0.05, 0.1) is 27.9 Å². The highest BCUT2D eigenvalue weighted by molar-refractivity contribution is 6.38. The van der Waals surface area contributed by atoms with E-state index >= 15 is 0 Å². The molecule has 0 aliphatic carbocycles. The number of anilines is 1. The fourth-order valence-electron chi connectivity index (χ4n) is 1.01. The first-order chi connectivity index (χ1) is 6.38. The molecule has 1 rings (SSSR count). The first-order valence-electron chi connectivity index (χ1n) is 4.03. The lowest BCUT2D eigenvalue weighted by Crippen LogP contribution is -2.36. The smallest absolute Gasteiger partial charge is 0.0693 e. The summed E-state index contributed by atoms with van der Waals surface area (Å²) in [6.07, 6.45) is 0. The van der Waals surface area contributed by atoms with Gasteiger partial charge >= 0.3 is 0 Å². The molecular weight excluding hydrogens is 223 g/mol. The molecule has 14 heavy (non-hydrogen) atoms. The summed E-state index contributed by atoms with van der Waals surface area (Å²) < 4.78 is 0. The van der Waals surface area contributed by atoms with E-state index in [1.165, 1.54) is 0 Å². The number of aliphatic hydroxyl groups excluding tert-OH is 1. The lowest BCUT2D eigenvalue weighted by Gasteiger charge is -2.23. The third-order valence-electron chi connectivity index (χ3n) is 2.07. The van der Waals surface area contributed by atoms with E-state index in [1.807, 2.05) is 0 Å². The molecule has 0 heterocycles. The van der Waals surface area contributed by atoms with Gasteiger partial charge in [0, 0.05) is 0 Å². The molecule has 0 radical (unpaired) electrons. The van der Waals surface area contributed by atoms with Crippen LogP contribution in [0.1, 0.15) is 12.5 Å². The summed E-state index contributed by atoms with van der Waals surface area (Å²) in [7, 11) is 0. The van der Waals surface area contributed by atoms with Gasteiger partial charge < -0.3 is 16.6 Å². The third kappa shape index (κ3) is 2.12. The molecule has 0 aliphatic heterocycles. The molecule has 5 heteroatoms. The molecule has 0 unspecified atom stereocenters. The second-order valence-corrected chi connectivity index (χ2v) is 4.24. The van der Waals surface area contributed by atoms with Crippen LogP contribution in [0.15, 0.2) is 12.1 Å². The minimum Gasteiger partial charge on any atom is -0.396 e. The lowest BCUT2D eigenvalue weighted by atomic mass is 9.94. The summed E-state index contributed by atoms with van der Waals surface area (Å²) in [5.74, 6) is 0. The Kier molecular flexibility index (Phi) is 3.27. The van der Waals surface area contributed by atoms with Gasteiger partial charge in [0.25, 0.3) is 0 Å². The second-order valence-electron chi connectivity index (χ2n) is 3.43. The molecule has 0 aliphatic rings. The molecule has 78 valence electrons. The normalized spacial score (nSPS) is 15.2. The van der Waals surface area contributed by atoms with Crippen molar-refractivity contribution < 1.29 is 5.11 Å². The lowest BCUT2D eigenvalue weighted by molar-refractivity contribution is 0.210. The predicted molar refractivity (Wildman–Crippen MR) is 59.5 cm³/mol. The molecule has 0 saturated heterocycles. The van der Waals surface area contributed by atoms with Crippen LogP contribution in [0.4, 0.5) is 5.69 Å². The Morgan fingerprint density at radius 1 is 1.36 bits per heavy atom. The van der Waals surface area contributed by atoms with Crippen molar-refractivity contribution in [2.75, 3.05) is 12.3 Å². The van der Waals surface area contributed by atoms with Crippen LogP contribution in [-0.2, 0) is 5.54 Å². The monoisotopic (exact) mass is 234 g/mol. The van der Waals surface area contributed by atoms with Gasteiger partial charge in [-0.1, -0.05) is 23.2 Å². The summed E-state index contributed by atoms with van der Waals surface area (Å²) >= 11 is 11.7. The van der Waals surface area contributed by atoms with Crippen LogP contribution in [-0.4, -0.2) is 11.7 Å². The molecule has 0 spiro atoms.